The molecule has 1 fully saturated rings. The molecule has 116 valence electrons. The maximum Gasteiger partial charge on any atom is 0.264 e. The number of amides is 2. The van der Waals surface area contributed by atoms with Gasteiger partial charge in [-0.15, -0.1) is 11.3 Å². The van der Waals surface area contributed by atoms with Gasteiger partial charge in [0, 0.05) is 39.8 Å². The molecule has 0 radical (unpaired) electrons. The molecular formula is C14H21N3O3S. The van der Waals surface area contributed by atoms with Gasteiger partial charge < -0.3 is 20.3 Å². The van der Waals surface area contributed by atoms with Crippen molar-refractivity contribution in [3.05, 3.63) is 22.4 Å². The van der Waals surface area contributed by atoms with Crippen molar-refractivity contribution in [2.75, 3.05) is 39.8 Å². The molecule has 0 aromatic carbocycles. The summed E-state index contributed by atoms with van der Waals surface area (Å²) in [5, 5.41) is 1.89. The van der Waals surface area contributed by atoms with E-state index in [9.17, 15) is 9.59 Å². The van der Waals surface area contributed by atoms with E-state index < -0.39 is 0 Å². The SMILES string of the molecule is COC(CN)CC(=O)N1CCN(C(=O)c2cccs2)CC1. The van der Waals surface area contributed by atoms with Crippen LogP contribution in [0.3, 0.4) is 0 Å². The molecule has 1 aromatic heterocycles. The Morgan fingerprint density at radius 2 is 2.00 bits per heavy atom. The highest BCUT2D eigenvalue weighted by Crippen LogP contribution is 2.14. The van der Waals surface area contributed by atoms with Gasteiger partial charge in [-0.3, -0.25) is 9.59 Å². The summed E-state index contributed by atoms with van der Waals surface area (Å²) in [5.74, 6) is 0.0874. The zero-order chi connectivity index (χ0) is 15.2. The molecule has 2 N–H and O–H groups in total. The molecule has 1 saturated heterocycles. The Morgan fingerprint density at radius 3 is 2.52 bits per heavy atom. The van der Waals surface area contributed by atoms with E-state index >= 15 is 0 Å². The summed E-state index contributed by atoms with van der Waals surface area (Å²) < 4.78 is 5.13. The lowest BCUT2D eigenvalue weighted by Crippen LogP contribution is -2.51. The lowest BCUT2D eigenvalue weighted by Gasteiger charge is -2.35. The summed E-state index contributed by atoms with van der Waals surface area (Å²) in [4.78, 5) is 28.6. The highest BCUT2D eigenvalue weighted by Gasteiger charge is 2.26. The van der Waals surface area contributed by atoms with Gasteiger partial charge in [-0.25, -0.2) is 0 Å². The van der Waals surface area contributed by atoms with Crippen LogP contribution < -0.4 is 5.73 Å². The van der Waals surface area contributed by atoms with Gasteiger partial charge in [0.15, 0.2) is 0 Å². The van der Waals surface area contributed by atoms with Gasteiger partial charge in [0.1, 0.15) is 0 Å². The van der Waals surface area contributed by atoms with E-state index in [1.54, 1.807) is 16.9 Å². The third kappa shape index (κ3) is 4.03. The number of carbonyl (C=O) groups excluding carboxylic acids is 2. The summed E-state index contributed by atoms with van der Waals surface area (Å²) in [7, 11) is 1.56. The predicted octanol–water partition coefficient (Wildman–Crippen LogP) is 0.396. The Morgan fingerprint density at radius 1 is 1.33 bits per heavy atom. The summed E-state index contributed by atoms with van der Waals surface area (Å²) in [6.45, 7) is 2.61. The number of hydrogen-bond acceptors (Lipinski definition) is 5. The van der Waals surface area contributed by atoms with Gasteiger partial charge in [-0.1, -0.05) is 6.07 Å². The summed E-state index contributed by atoms with van der Waals surface area (Å²) >= 11 is 1.44. The van der Waals surface area contributed by atoms with Crippen molar-refractivity contribution in [2.45, 2.75) is 12.5 Å². The highest BCUT2D eigenvalue weighted by atomic mass is 32.1. The molecule has 0 spiro atoms. The van der Waals surface area contributed by atoms with Crippen LogP contribution in [-0.2, 0) is 9.53 Å². The zero-order valence-electron chi connectivity index (χ0n) is 12.2. The number of hydrogen-bond donors (Lipinski definition) is 1. The predicted molar refractivity (Wildman–Crippen MR) is 81.3 cm³/mol. The number of rotatable bonds is 5. The number of nitrogens with zero attached hydrogens (tertiary/aromatic N) is 2. The van der Waals surface area contributed by atoms with Gasteiger partial charge in [0.25, 0.3) is 5.91 Å². The molecular weight excluding hydrogens is 290 g/mol. The molecule has 0 saturated carbocycles. The van der Waals surface area contributed by atoms with Crippen LogP contribution >= 0.6 is 11.3 Å². The third-order valence-corrected chi connectivity index (χ3v) is 4.51. The minimum atomic E-state index is -0.233. The number of methoxy groups -OCH3 is 1. The molecule has 1 aliphatic heterocycles. The highest BCUT2D eigenvalue weighted by molar-refractivity contribution is 7.12. The molecule has 1 atom stereocenters. The molecule has 1 aliphatic rings. The van der Waals surface area contributed by atoms with E-state index in [1.165, 1.54) is 11.3 Å². The van der Waals surface area contributed by atoms with E-state index in [0.29, 0.717) is 39.1 Å². The minimum absolute atomic E-state index is 0.0375. The first-order valence-electron chi connectivity index (χ1n) is 6.99. The first-order chi connectivity index (χ1) is 10.2. The Bertz CT molecular complexity index is 466. The smallest absolute Gasteiger partial charge is 0.264 e. The molecule has 2 rings (SSSR count). The number of nitrogens with two attached hydrogens (primary N) is 1. The van der Waals surface area contributed by atoms with Crippen molar-refractivity contribution in [1.82, 2.24) is 9.80 Å². The summed E-state index contributed by atoms with van der Waals surface area (Å²) in [6.07, 6.45) is 0.0644. The van der Waals surface area contributed by atoms with Crippen LogP contribution in [0.25, 0.3) is 0 Å². The van der Waals surface area contributed by atoms with Crippen molar-refractivity contribution in [2.24, 2.45) is 5.73 Å². The Hall–Kier alpha value is -1.44. The van der Waals surface area contributed by atoms with Crippen molar-refractivity contribution >= 4 is 23.2 Å². The standard InChI is InChI=1S/C14H21N3O3S/c1-20-11(10-15)9-13(18)16-4-6-17(7-5-16)14(19)12-3-2-8-21-12/h2-3,8,11H,4-7,9-10,15H2,1H3. The van der Waals surface area contributed by atoms with E-state index in [-0.39, 0.29) is 17.9 Å². The van der Waals surface area contributed by atoms with Gasteiger partial charge in [0.05, 0.1) is 17.4 Å². The second-order valence-corrected chi connectivity index (χ2v) is 5.90. The van der Waals surface area contributed by atoms with Crippen molar-refractivity contribution in [1.29, 1.82) is 0 Å². The Kier molecular flexibility index (Phi) is 5.72. The molecule has 6 nitrogen and oxygen atoms in total. The number of thiophene rings is 1. The second kappa shape index (κ2) is 7.53. The summed E-state index contributed by atoms with van der Waals surface area (Å²) in [5.41, 5.74) is 5.53. The van der Waals surface area contributed by atoms with Gasteiger partial charge in [-0.05, 0) is 11.4 Å². The van der Waals surface area contributed by atoms with E-state index in [2.05, 4.69) is 0 Å². The van der Waals surface area contributed by atoms with Crippen LogP contribution in [0, 0.1) is 0 Å². The van der Waals surface area contributed by atoms with Crippen LogP contribution in [0.15, 0.2) is 17.5 Å². The molecule has 2 amide bonds. The van der Waals surface area contributed by atoms with Crippen LogP contribution in [-0.4, -0.2) is 67.6 Å². The summed E-state index contributed by atoms with van der Waals surface area (Å²) in [6, 6.07) is 3.70. The van der Waals surface area contributed by atoms with E-state index in [4.69, 9.17) is 10.5 Å². The topological polar surface area (TPSA) is 75.9 Å². The van der Waals surface area contributed by atoms with Gasteiger partial charge in [-0.2, -0.15) is 0 Å². The van der Waals surface area contributed by atoms with Crippen molar-refractivity contribution in [3.8, 4) is 0 Å². The fourth-order valence-electron chi connectivity index (χ4n) is 2.30. The van der Waals surface area contributed by atoms with Gasteiger partial charge in [0.2, 0.25) is 5.91 Å². The average molecular weight is 311 g/mol. The van der Waals surface area contributed by atoms with Crippen LogP contribution in [0.2, 0.25) is 0 Å². The first-order valence-corrected chi connectivity index (χ1v) is 7.87. The fraction of sp³-hybridized carbons (Fsp3) is 0.571. The lowest BCUT2D eigenvalue weighted by molar-refractivity contribution is -0.135. The van der Waals surface area contributed by atoms with E-state index in [1.807, 2.05) is 17.5 Å². The number of piperazine rings is 1. The lowest BCUT2D eigenvalue weighted by atomic mass is 10.2. The van der Waals surface area contributed by atoms with Crippen LogP contribution in [0.5, 0.6) is 0 Å². The molecule has 7 heteroatoms. The largest absolute Gasteiger partial charge is 0.380 e. The fourth-order valence-corrected chi connectivity index (χ4v) is 2.99. The number of carbonyl (C=O) groups is 2. The first kappa shape index (κ1) is 15.9. The molecule has 1 aromatic rings. The quantitative estimate of drug-likeness (QED) is 0.854. The third-order valence-electron chi connectivity index (χ3n) is 3.65. The van der Waals surface area contributed by atoms with Crippen molar-refractivity contribution in [3.63, 3.8) is 0 Å². The monoisotopic (exact) mass is 311 g/mol. The second-order valence-electron chi connectivity index (χ2n) is 4.95. The maximum atomic E-state index is 12.2. The van der Waals surface area contributed by atoms with Crippen LogP contribution in [0.4, 0.5) is 0 Å². The van der Waals surface area contributed by atoms with E-state index in [0.717, 1.165) is 4.88 Å². The number of ether oxygens (including phenoxy) is 1. The molecule has 21 heavy (non-hydrogen) atoms. The minimum Gasteiger partial charge on any atom is -0.380 e. The normalized spacial score (nSPS) is 16.9. The molecule has 1 unspecified atom stereocenters. The average Bonchev–Trinajstić information content (AvgIpc) is 3.06. The Balaban J connectivity index is 1.83. The zero-order valence-corrected chi connectivity index (χ0v) is 13.0. The maximum absolute atomic E-state index is 12.2. The molecule has 0 bridgehead atoms. The van der Waals surface area contributed by atoms with Crippen molar-refractivity contribution < 1.29 is 14.3 Å². The Labute approximate surface area is 128 Å². The van der Waals surface area contributed by atoms with Gasteiger partial charge >= 0.3 is 0 Å². The molecule has 2 heterocycles. The molecule has 0 aliphatic carbocycles. The van der Waals surface area contributed by atoms with Crippen LogP contribution in [0.1, 0.15) is 16.1 Å².